The molecule has 3 rings (SSSR count). The monoisotopic (exact) mass is 342 g/mol. The molecule has 25 heavy (non-hydrogen) atoms. The van der Waals surface area contributed by atoms with E-state index in [1.54, 1.807) is 6.07 Å². The van der Waals surface area contributed by atoms with Crippen molar-refractivity contribution < 1.29 is 9.90 Å². The summed E-state index contributed by atoms with van der Waals surface area (Å²) < 4.78 is 0. The zero-order valence-corrected chi connectivity index (χ0v) is 14.7. The number of fused-ring (bicyclic) bond motifs is 1. The van der Waals surface area contributed by atoms with E-state index >= 15 is 0 Å². The molecule has 134 valence electrons. The molecule has 1 saturated carbocycles. The molecule has 1 amide bonds. The Kier molecular flexibility index (Phi) is 5.23. The van der Waals surface area contributed by atoms with Gasteiger partial charge >= 0.3 is 0 Å². The van der Waals surface area contributed by atoms with Gasteiger partial charge in [0.2, 0.25) is 5.91 Å². The maximum Gasteiger partial charge on any atom is 0.252 e. The van der Waals surface area contributed by atoms with Crippen molar-refractivity contribution in [2.75, 3.05) is 6.61 Å². The van der Waals surface area contributed by atoms with Crippen LogP contribution in [0.3, 0.4) is 0 Å². The predicted molar refractivity (Wildman–Crippen MR) is 98.5 cm³/mol. The van der Waals surface area contributed by atoms with Crippen LogP contribution in [0, 0.1) is 5.92 Å². The first kappa shape index (κ1) is 17.7. The number of para-hydroxylation sites is 1. The van der Waals surface area contributed by atoms with Gasteiger partial charge in [0.05, 0.1) is 18.6 Å². The highest BCUT2D eigenvalue weighted by Gasteiger charge is 2.35. The largest absolute Gasteiger partial charge is 0.394 e. The van der Waals surface area contributed by atoms with E-state index in [-0.39, 0.29) is 30.4 Å². The molecule has 3 N–H and O–H groups in total. The van der Waals surface area contributed by atoms with Gasteiger partial charge in [0.15, 0.2) is 0 Å². The molecule has 1 aliphatic carbocycles. The van der Waals surface area contributed by atoms with Crippen LogP contribution < -0.4 is 10.9 Å². The quantitative estimate of drug-likeness (QED) is 0.781. The number of rotatable bonds is 5. The first-order valence-corrected chi connectivity index (χ1v) is 9.05. The summed E-state index contributed by atoms with van der Waals surface area (Å²) in [5.41, 5.74) is 0.345. The Morgan fingerprint density at radius 1 is 1.28 bits per heavy atom. The van der Waals surface area contributed by atoms with E-state index in [9.17, 15) is 14.7 Å². The molecule has 2 aromatic rings. The number of nitrogens with one attached hydrogen (secondary N) is 2. The fraction of sp³-hybridized carbons (Fsp3) is 0.500. The fourth-order valence-electron chi connectivity index (χ4n) is 3.87. The standard InChI is InChI=1S/C20H26N2O3/c1-20(13-23,16-8-3-2-4-9-16)22-18(24)12-15-11-14-7-5-6-10-17(14)21-19(15)25/h5-7,10-11,16,23H,2-4,8-9,12-13H2,1H3,(H,21,25)(H,22,24)/t20-/m1/s1. The van der Waals surface area contributed by atoms with Crippen LogP contribution in [0.25, 0.3) is 10.9 Å². The Morgan fingerprint density at radius 3 is 2.72 bits per heavy atom. The van der Waals surface area contributed by atoms with Crippen LogP contribution in [-0.4, -0.2) is 28.1 Å². The van der Waals surface area contributed by atoms with Gasteiger partial charge in [0.1, 0.15) is 0 Å². The lowest BCUT2D eigenvalue weighted by atomic mass is 9.76. The van der Waals surface area contributed by atoms with Gasteiger partial charge in [0.25, 0.3) is 5.56 Å². The van der Waals surface area contributed by atoms with Crippen molar-refractivity contribution >= 4 is 16.8 Å². The molecule has 1 fully saturated rings. The molecule has 1 aliphatic rings. The number of hydrogen-bond donors (Lipinski definition) is 3. The van der Waals surface area contributed by atoms with Crippen molar-refractivity contribution in [3.05, 3.63) is 46.2 Å². The lowest BCUT2D eigenvalue weighted by Crippen LogP contribution is -2.55. The van der Waals surface area contributed by atoms with E-state index in [0.717, 1.165) is 36.6 Å². The Balaban J connectivity index is 1.75. The molecular formula is C20H26N2O3. The number of carbonyl (C=O) groups is 1. The van der Waals surface area contributed by atoms with E-state index in [0.29, 0.717) is 5.56 Å². The Hall–Kier alpha value is -2.14. The maximum atomic E-state index is 12.5. The third-order valence-electron chi connectivity index (χ3n) is 5.44. The molecule has 1 heterocycles. The number of aliphatic hydroxyl groups is 1. The van der Waals surface area contributed by atoms with Crippen LogP contribution >= 0.6 is 0 Å². The smallest absolute Gasteiger partial charge is 0.252 e. The number of benzene rings is 1. The van der Waals surface area contributed by atoms with Gasteiger partial charge in [-0.25, -0.2) is 0 Å². The second-order valence-electron chi connectivity index (χ2n) is 7.35. The highest BCUT2D eigenvalue weighted by molar-refractivity contribution is 5.83. The molecule has 0 saturated heterocycles. The minimum absolute atomic E-state index is 0.0163. The van der Waals surface area contributed by atoms with Crippen molar-refractivity contribution in [1.29, 1.82) is 0 Å². The molecule has 0 spiro atoms. The summed E-state index contributed by atoms with van der Waals surface area (Å²) in [4.78, 5) is 27.6. The molecule has 1 atom stereocenters. The SMILES string of the molecule is C[C@](CO)(NC(=O)Cc1cc2ccccc2[nH]c1=O)C1CCCCC1. The minimum Gasteiger partial charge on any atom is -0.394 e. The normalized spacial score (nSPS) is 18.0. The summed E-state index contributed by atoms with van der Waals surface area (Å²) in [6.45, 7) is 1.82. The van der Waals surface area contributed by atoms with Crippen LogP contribution in [0.15, 0.2) is 35.1 Å². The molecule has 0 aliphatic heterocycles. The lowest BCUT2D eigenvalue weighted by molar-refractivity contribution is -0.123. The average molecular weight is 342 g/mol. The number of aromatic amines is 1. The Bertz CT molecular complexity index is 808. The summed E-state index contributed by atoms with van der Waals surface area (Å²) in [6.07, 6.45) is 5.56. The number of aliphatic hydroxyl groups excluding tert-OH is 1. The summed E-state index contributed by atoms with van der Waals surface area (Å²) in [5.74, 6) is 0.0630. The zero-order chi connectivity index (χ0) is 17.9. The van der Waals surface area contributed by atoms with Crippen molar-refractivity contribution in [3.8, 4) is 0 Å². The van der Waals surface area contributed by atoms with E-state index in [1.165, 1.54) is 6.42 Å². The van der Waals surface area contributed by atoms with E-state index in [2.05, 4.69) is 10.3 Å². The third-order valence-corrected chi connectivity index (χ3v) is 5.44. The average Bonchev–Trinajstić information content (AvgIpc) is 2.63. The number of H-pyrrole nitrogens is 1. The van der Waals surface area contributed by atoms with Gasteiger partial charge in [-0.15, -0.1) is 0 Å². The molecule has 5 heteroatoms. The second kappa shape index (κ2) is 7.40. The van der Waals surface area contributed by atoms with E-state index in [4.69, 9.17) is 0 Å². The molecule has 0 radical (unpaired) electrons. The summed E-state index contributed by atoms with van der Waals surface area (Å²) in [5, 5.41) is 13.8. The number of pyridine rings is 1. The number of aromatic nitrogens is 1. The fourth-order valence-corrected chi connectivity index (χ4v) is 3.87. The Morgan fingerprint density at radius 2 is 2.00 bits per heavy atom. The first-order valence-electron chi connectivity index (χ1n) is 9.05. The van der Waals surface area contributed by atoms with Gasteiger partial charge in [0, 0.05) is 11.1 Å². The summed E-state index contributed by atoms with van der Waals surface area (Å²) in [7, 11) is 0. The number of amides is 1. The van der Waals surface area contributed by atoms with Gasteiger partial charge < -0.3 is 15.4 Å². The minimum atomic E-state index is -0.624. The van der Waals surface area contributed by atoms with Crippen LogP contribution in [0.1, 0.15) is 44.6 Å². The number of carbonyl (C=O) groups excluding carboxylic acids is 1. The molecule has 1 aromatic heterocycles. The second-order valence-corrected chi connectivity index (χ2v) is 7.35. The van der Waals surface area contributed by atoms with Gasteiger partial charge in [-0.2, -0.15) is 0 Å². The number of hydrogen-bond acceptors (Lipinski definition) is 3. The molecular weight excluding hydrogens is 316 g/mol. The van der Waals surface area contributed by atoms with Crippen molar-refractivity contribution in [3.63, 3.8) is 0 Å². The maximum absolute atomic E-state index is 12.5. The van der Waals surface area contributed by atoms with Crippen LogP contribution in [0.2, 0.25) is 0 Å². The highest BCUT2D eigenvalue weighted by Crippen LogP contribution is 2.32. The lowest BCUT2D eigenvalue weighted by Gasteiger charge is -2.39. The van der Waals surface area contributed by atoms with Crippen molar-refractivity contribution in [2.45, 2.75) is 51.0 Å². The summed E-state index contributed by atoms with van der Waals surface area (Å²) >= 11 is 0. The first-order chi connectivity index (χ1) is 12.0. The highest BCUT2D eigenvalue weighted by atomic mass is 16.3. The molecule has 1 aromatic carbocycles. The van der Waals surface area contributed by atoms with E-state index in [1.807, 2.05) is 31.2 Å². The van der Waals surface area contributed by atoms with Crippen molar-refractivity contribution in [1.82, 2.24) is 10.3 Å². The topological polar surface area (TPSA) is 82.2 Å². The molecule has 0 unspecified atom stereocenters. The predicted octanol–water partition coefficient (Wildman–Crippen LogP) is 2.52. The molecule has 0 bridgehead atoms. The van der Waals surface area contributed by atoms with Gasteiger partial charge in [-0.05, 0) is 43.2 Å². The Labute approximate surface area is 147 Å². The summed E-state index contributed by atoms with van der Waals surface area (Å²) in [6, 6.07) is 9.28. The van der Waals surface area contributed by atoms with Crippen LogP contribution in [0.5, 0.6) is 0 Å². The molecule has 5 nitrogen and oxygen atoms in total. The zero-order valence-electron chi connectivity index (χ0n) is 14.7. The van der Waals surface area contributed by atoms with E-state index < -0.39 is 5.54 Å². The third kappa shape index (κ3) is 3.93. The van der Waals surface area contributed by atoms with Gasteiger partial charge in [-0.3, -0.25) is 9.59 Å². The van der Waals surface area contributed by atoms with Crippen LogP contribution in [-0.2, 0) is 11.2 Å². The van der Waals surface area contributed by atoms with Crippen LogP contribution in [0.4, 0.5) is 0 Å². The van der Waals surface area contributed by atoms with Crippen molar-refractivity contribution in [2.24, 2.45) is 5.92 Å². The van der Waals surface area contributed by atoms with Gasteiger partial charge in [-0.1, -0.05) is 37.5 Å².